The maximum Gasteiger partial charge on any atom is 0.238 e. The molecule has 0 radical (unpaired) electrons. The third-order valence-corrected chi connectivity index (χ3v) is 5.04. The van der Waals surface area contributed by atoms with Crippen molar-refractivity contribution < 1.29 is 4.79 Å². The lowest BCUT2D eigenvalue weighted by Crippen LogP contribution is -2.49. The standard InChI is InChI=1S/C18H26N2O/c1-14-8-10-16(11-9-14)19-18(21)13-20-12-4-6-15-5-2-3-7-17(15)20/h8-11,15,17H,2-7,12-13H2,1H3,(H,19,21)/t15-,17-/m0/s1. The van der Waals surface area contributed by atoms with Crippen LogP contribution in [0.25, 0.3) is 0 Å². The molecule has 3 heteroatoms. The van der Waals surface area contributed by atoms with Gasteiger partial charge in [-0.1, -0.05) is 30.5 Å². The molecule has 1 amide bonds. The Morgan fingerprint density at radius 2 is 1.86 bits per heavy atom. The van der Waals surface area contributed by atoms with Crippen molar-refractivity contribution in [2.24, 2.45) is 5.92 Å². The summed E-state index contributed by atoms with van der Waals surface area (Å²) >= 11 is 0. The van der Waals surface area contributed by atoms with Gasteiger partial charge >= 0.3 is 0 Å². The molecule has 2 fully saturated rings. The first-order valence-electron chi connectivity index (χ1n) is 8.33. The zero-order valence-corrected chi connectivity index (χ0v) is 13.0. The number of carbonyl (C=O) groups is 1. The number of likely N-dealkylation sites (tertiary alicyclic amines) is 1. The molecule has 2 atom stereocenters. The van der Waals surface area contributed by atoms with Gasteiger partial charge in [0.05, 0.1) is 6.54 Å². The van der Waals surface area contributed by atoms with Crippen LogP contribution in [0.2, 0.25) is 0 Å². The van der Waals surface area contributed by atoms with Crippen molar-refractivity contribution in [2.45, 2.75) is 51.5 Å². The van der Waals surface area contributed by atoms with Crippen LogP contribution in [-0.2, 0) is 4.79 Å². The molecule has 1 saturated carbocycles. The van der Waals surface area contributed by atoms with Crippen molar-refractivity contribution in [2.75, 3.05) is 18.4 Å². The number of nitrogens with zero attached hydrogens (tertiary/aromatic N) is 1. The highest BCUT2D eigenvalue weighted by atomic mass is 16.2. The van der Waals surface area contributed by atoms with Gasteiger partial charge in [0.2, 0.25) is 5.91 Å². The fourth-order valence-corrected chi connectivity index (χ4v) is 3.95. The first kappa shape index (κ1) is 14.6. The Bertz CT molecular complexity index is 480. The Balaban J connectivity index is 1.57. The van der Waals surface area contributed by atoms with Crippen LogP contribution in [0.5, 0.6) is 0 Å². The normalized spacial score (nSPS) is 26.1. The number of nitrogens with one attached hydrogen (secondary N) is 1. The molecule has 21 heavy (non-hydrogen) atoms. The summed E-state index contributed by atoms with van der Waals surface area (Å²) < 4.78 is 0. The third-order valence-electron chi connectivity index (χ3n) is 5.04. The summed E-state index contributed by atoms with van der Waals surface area (Å²) in [5, 5.41) is 3.03. The van der Waals surface area contributed by atoms with E-state index in [1.807, 2.05) is 24.3 Å². The molecular weight excluding hydrogens is 260 g/mol. The number of fused-ring (bicyclic) bond motifs is 1. The molecule has 0 unspecified atom stereocenters. The molecule has 1 aromatic carbocycles. The SMILES string of the molecule is Cc1ccc(NC(=O)CN2CCC[C@@H]3CCCC[C@@H]32)cc1. The number of piperidine rings is 1. The van der Waals surface area contributed by atoms with Crippen molar-refractivity contribution in [3.63, 3.8) is 0 Å². The number of carbonyl (C=O) groups excluding carboxylic acids is 1. The maximum absolute atomic E-state index is 12.3. The van der Waals surface area contributed by atoms with E-state index in [4.69, 9.17) is 0 Å². The van der Waals surface area contributed by atoms with Crippen LogP contribution in [0.4, 0.5) is 5.69 Å². The Labute approximate surface area is 127 Å². The first-order valence-corrected chi connectivity index (χ1v) is 8.33. The number of amides is 1. The summed E-state index contributed by atoms with van der Waals surface area (Å²) in [6.45, 7) is 3.69. The number of hydrogen-bond acceptors (Lipinski definition) is 2. The molecule has 0 aromatic heterocycles. The average molecular weight is 286 g/mol. The van der Waals surface area contributed by atoms with E-state index in [2.05, 4.69) is 17.1 Å². The van der Waals surface area contributed by atoms with Crippen molar-refractivity contribution >= 4 is 11.6 Å². The van der Waals surface area contributed by atoms with Gasteiger partial charge in [0, 0.05) is 11.7 Å². The molecule has 0 spiro atoms. The van der Waals surface area contributed by atoms with Gasteiger partial charge < -0.3 is 5.32 Å². The first-order chi connectivity index (χ1) is 10.2. The Kier molecular flexibility index (Phi) is 4.59. The number of rotatable bonds is 3. The minimum absolute atomic E-state index is 0.130. The molecule has 0 bridgehead atoms. The van der Waals surface area contributed by atoms with E-state index in [9.17, 15) is 4.79 Å². The van der Waals surface area contributed by atoms with Crippen molar-refractivity contribution in [3.8, 4) is 0 Å². The highest BCUT2D eigenvalue weighted by Gasteiger charge is 2.33. The van der Waals surface area contributed by atoms with Gasteiger partial charge in [-0.2, -0.15) is 0 Å². The van der Waals surface area contributed by atoms with Gasteiger partial charge in [0.1, 0.15) is 0 Å². The maximum atomic E-state index is 12.3. The van der Waals surface area contributed by atoms with Crippen LogP contribution in [0.3, 0.4) is 0 Å². The Morgan fingerprint density at radius 1 is 1.14 bits per heavy atom. The summed E-state index contributed by atoms with van der Waals surface area (Å²) in [6.07, 6.45) is 7.96. The van der Waals surface area contributed by atoms with Crippen molar-refractivity contribution in [3.05, 3.63) is 29.8 Å². The second-order valence-corrected chi connectivity index (χ2v) is 6.64. The van der Waals surface area contributed by atoms with E-state index in [1.54, 1.807) is 0 Å². The fourth-order valence-electron chi connectivity index (χ4n) is 3.95. The van der Waals surface area contributed by atoms with Crippen LogP contribution >= 0.6 is 0 Å². The summed E-state index contributed by atoms with van der Waals surface area (Å²) in [4.78, 5) is 14.7. The van der Waals surface area contributed by atoms with E-state index in [-0.39, 0.29) is 5.91 Å². The third kappa shape index (κ3) is 3.65. The minimum Gasteiger partial charge on any atom is -0.325 e. The van der Waals surface area contributed by atoms with Gasteiger partial charge in [-0.15, -0.1) is 0 Å². The van der Waals surface area contributed by atoms with Gasteiger partial charge in [0.15, 0.2) is 0 Å². The van der Waals surface area contributed by atoms with Gasteiger partial charge in [-0.25, -0.2) is 0 Å². The fraction of sp³-hybridized carbons (Fsp3) is 0.611. The number of hydrogen-bond donors (Lipinski definition) is 1. The zero-order chi connectivity index (χ0) is 14.7. The summed E-state index contributed by atoms with van der Waals surface area (Å²) in [6, 6.07) is 8.68. The van der Waals surface area contributed by atoms with Crippen LogP contribution < -0.4 is 5.32 Å². The van der Waals surface area contributed by atoms with E-state index in [0.717, 1.165) is 18.2 Å². The molecular formula is C18H26N2O. The summed E-state index contributed by atoms with van der Waals surface area (Å²) in [5.74, 6) is 0.963. The second-order valence-electron chi connectivity index (χ2n) is 6.64. The van der Waals surface area contributed by atoms with Gasteiger partial charge in [0.25, 0.3) is 0 Å². The molecule has 1 aliphatic carbocycles. The predicted octanol–water partition coefficient (Wildman–Crippen LogP) is 3.59. The molecule has 114 valence electrons. The zero-order valence-electron chi connectivity index (χ0n) is 13.0. The summed E-state index contributed by atoms with van der Waals surface area (Å²) in [7, 11) is 0. The van der Waals surface area contributed by atoms with Crippen molar-refractivity contribution in [1.82, 2.24) is 4.90 Å². The highest BCUT2D eigenvalue weighted by molar-refractivity contribution is 5.92. The number of benzene rings is 1. The van der Waals surface area contributed by atoms with Crippen molar-refractivity contribution in [1.29, 1.82) is 0 Å². The molecule has 3 nitrogen and oxygen atoms in total. The predicted molar refractivity (Wildman–Crippen MR) is 86.4 cm³/mol. The molecule has 1 N–H and O–H groups in total. The molecule has 1 saturated heterocycles. The highest BCUT2D eigenvalue weighted by Crippen LogP contribution is 2.35. The molecule has 2 aliphatic rings. The largest absolute Gasteiger partial charge is 0.325 e. The lowest BCUT2D eigenvalue weighted by atomic mass is 9.78. The van der Waals surface area contributed by atoms with Crippen LogP contribution in [0.15, 0.2) is 24.3 Å². The van der Waals surface area contributed by atoms with E-state index < -0.39 is 0 Å². The van der Waals surface area contributed by atoms with Gasteiger partial charge in [-0.05, 0) is 57.2 Å². The lowest BCUT2D eigenvalue weighted by molar-refractivity contribution is -0.118. The lowest BCUT2D eigenvalue weighted by Gasteiger charge is -2.43. The number of aryl methyl sites for hydroxylation is 1. The van der Waals surface area contributed by atoms with Crippen LogP contribution in [0, 0.1) is 12.8 Å². The minimum atomic E-state index is 0.130. The van der Waals surface area contributed by atoms with E-state index in [1.165, 1.54) is 44.1 Å². The topological polar surface area (TPSA) is 32.3 Å². The van der Waals surface area contributed by atoms with Gasteiger partial charge in [-0.3, -0.25) is 9.69 Å². The molecule has 1 heterocycles. The average Bonchev–Trinajstić information content (AvgIpc) is 2.50. The second kappa shape index (κ2) is 6.61. The van der Waals surface area contributed by atoms with Crippen LogP contribution in [0.1, 0.15) is 44.1 Å². The van der Waals surface area contributed by atoms with Crippen LogP contribution in [-0.4, -0.2) is 29.9 Å². The summed E-state index contributed by atoms with van der Waals surface area (Å²) in [5.41, 5.74) is 2.12. The monoisotopic (exact) mass is 286 g/mol. The van der Waals surface area contributed by atoms with E-state index >= 15 is 0 Å². The van der Waals surface area contributed by atoms with E-state index in [0.29, 0.717) is 12.6 Å². The molecule has 1 aliphatic heterocycles. The number of anilines is 1. The Morgan fingerprint density at radius 3 is 2.67 bits per heavy atom. The Hall–Kier alpha value is -1.35. The quantitative estimate of drug-likeness (QED) is 0.921. The smallest absolute Gasteiger partial charge is 0.238 e. The molecule has 3 rings (SSSR count). The molecule has 1 aromatic rings.